The summed E-state index contributed by atoms with van der Waals surface area (Å²) in [4.78, 5) is 31.4. The van der Waals surface area contributed by atoms with Crippen LogP contribution in [0.4, 0.5) is 0 Å². The molecule has 35 heavy (non-hydrogen) atoms. The third kappa shape index (κ3) is 6.36. The average molecular weight is 493 g/mol. The number of fused-ring (bicyclic) bond motifs is 1. The molecule has 0 fully saturated rings. The summed E-state index contributed by atoms with van der Waals surface area (Å²) in [6, 6.07) is 20.1. The van der Waals surface area contributed by atoms with Crippen LogP contribution in [-0.2, 0) is 32.1 Å². The predicted molar refractivity (Wildman–Crippen MR) is 137 cm³/mol. The van der Waals surface area contributed by atoms with E-state index in [1.807, 2.05) is 35.2 Å². The fourth-order valence-corrected chi connectivity index (χ4v) is 5.27. The molecule has 1 unspecified atom stereocenters. The summed E-state index contributed by atoms with van der Waals surface area (Å²) in [6.07, 6.45) is 0.827. The molecule has 0 radical (unpaired) electrons. The van der Waals surface area contributed by atoms with Crippen molar-refractivity contribution in [1.82, 2.24) is 9.80 Å². The maximum Gasteiger partial charge on any atom is 0.249 e. The van der Waals surface area contributed by atoms with Gasteiger partial charge in [0.1, 0.15) is 6.61 Å². The van der Waals surface area contributed by atoms with Gasteiger partial charge in [0.2, 0.25) is 11.8 Å². The molecule has 0 spiro atoms. The van der Waals surface area contributed by atoms with E-state index < -0.39 is 0 Å². The monoisotopic (exact) mass is 492 g/mol. The van der Waals surface area contributed by atoms with Gasteiger partial charge in [-0.3, -0.25) is 9.59 Å². The summed E-state index contributed by atoms with van der Waals surface area (Å²) in [6.45, 7) is 3.64. The number of thiophene rings is 1. The molecule has 7 heteroatoms. The van der Waals surface area contributed by atoms with E-state index in [1.54, 1.807) is 23.3 Å². The van der Waals surface area contributed by atoms with Gasteiger partial charge in [-0.15, -0.1) is 11.3 Å². The van der Waals surface area contributed by atoms with Gasteiger partial charge in [-0.25, -0.2) is 0 Å². The minimum Gasteiger partial charge on any atom is -0.383 e. The highest BCUT2D eigenvalue weighted by atomic mass is 32.1. The lowest BCUT2D eigenvalue weighted by atomic mass is 9.92. The van der Waals surface area contributed by atoms with Crippen molar-refractivity contribution in [2.24, 2.45) is 0 Å². The normalized spacial score (nSPS) is 15.0. The van der Waals surface area contributed by atoms with Gasteiger partial charge in [0.15, 0.2) is 0 Å². The second kappa shape index (κ2) is 12.1. The van der Waals surface area contributed by atoms with Crippen molar-refractivity contribution in [2.75, 3.05) is 40.0 Å². The highest BCUT2D eigenvalue weighted by Gasteiger charge is 2.33. The Bertz CT molecular complexity index is 1110. The number of ether oxygens (including phenoxy) is 2. The zero-order valence-corrected chi connectivity index (χ0v) is 21.1. The largest absolute Gasteiger partial charge is 0.383 e. The van der Waals surface area contributed by atoms with E-state index in [2.05, 4.69) is 42.6 Å². The zero-order chi connectivity index (χ0) is 24.6. The van der Waals surface area contributed by atoms with E-state index in [-0.39, 0.29) is 31.0 Å². The van der Waals surface area contributed by atoms with Crippen LogP contribution >= 0.6 is 11.3 Å². The molecule has 1 aliphatic heterocycles. The highest BCUT2D eigenvalue weighted by molar-refractivity contribution is 7.10. The second-order valence-electron chi connectivity index (χ2n) is 8.74. The van der Waals surface area contributed by atoms with Gasteiger partial charge in [0, 0.05) is 25.1 Å². The molecule has 0 N–H and O–H groups in total. The molecule has 6 nitrogen and oxygen atoms in total. The number of carbonyl (C=O) groups excluding carboxylic acids is 2. The van der Waals surface area contributed by atoms with Gasteiger partial charge in [-0.2, -0.15) is 0 Å². The number of nitrogens with zero attached hydrogens (tertiary/aromatic N) is 2. The van der Waals surface area contributed by atoms with Crippen molar-refractivity contribution in [3.05, 3.63) is 93.2 Å². The first-order chi connectivity index (χ1) is 17.1. The standard InChI is InChI=1S/C28H32N2O4S/c1-21-8-10-23(11-9-21)28-24-13-17-35-25(24)12-14-30(28)26(31)18-29(15-16-33-2)27(32)20-34-19-22-6-4-3-5-7-22/h3-11,13,17,28H,12,14-16,18-20H2,1-2H3. The Hall–Kier alpha value is -3.00. The number of benzene rings is 2. The SMILES string of the molecule is COCCN(CC(=O)N1CCc2sccc2C1c1ccc(C)cc1)C(=O)COCc1ccccc1. The second-order valence-corrected chi connectivity index (χ2v) is 9.74. The topological polar surface area (TPSA) is 59.1 Å². The van der Waals surface area contributed by atoms with Gasteiger partial charge in [-0.1, -0.05) is 60.2 Å². The number of amides is 2. The van der Waals surface area contributed by atoms with Crippen LogP contribution < -0.4 is 0 Å². The Morgan fingerprint density at radius 1 is 1.09 bits per heavy atom. The van der Waals surface area contributed by atoms with Crippen LogP contribution in [0.1, 0.15) is 33.2 Å². The Morgan fingerprint density at radius 2 is 1.86 bits per heavy atom. The summed E-state index contributed by atoms with van der Waals surface area (Å²) in [5.41, 5.74) is 4.45. The molecule has 2 amide bonds. The molecular formula is C28H32N2O4S. The number of rotatable bonds is 10. The van der Waals surface area contributed by atoms with Crippen molar-refractivity contribution in [3.63, 3.8) is 0 Å². The quantitative estimate of drug-likeness (QED) is 0.425. The molecule has 3 aromatic rings. The minimum absolute atomic E-state index is 0.00127. The first-order valence-corrected chi connectivity index (χ1v) is 12.8. The van der Waals surface area contributed by atoms with Crippen LogP contribution in [0.3, 0.4) is 0 Å². The number of methoxy groups -OCH3 is 1. The Balaban J connectivity index is 1.46. The van der Waals surface area contributed by atoms with Crippen LogP contribution in [0.15, 0.2) is 66.0 Å². The van der Waals surface area contributed by atoms with Gasteiger partial charge < -0.3 is 19.3 Å². The maximum atomic E-state index is 13.6. The van der Waals surface area contributed by atoms with E-state index in [1.165, 1.54) is 16.0 Å². The molecule has 2 heterocycles. The molecule has 1 aliphatic rings. The van der Waals surface area contributed by atoms with Crippen molar-refractivity contribution in [2.45, 2.75) is 26.0 Å². The van der Waals surface area contributed by atoms with Crippen LogP contribution in [-0.4, -0.2) is 61.6 Å². The van der Waals surface area contributed by atoms with E-state index >= 15 is 0 Å². The predicted octanol–water partition coefficient (Wildman–Crippen LogP) is 4.22. The number of hydrogen-bond donors (Lipinski definition) is 0. The molecule has 0 aliphatic carbocycles. The van der Waals surface area contributed by atoms with Gasteiger partial charge in [0.25, 0.3) is 0 Å². The molecule has 0 saturated carbocycles. The van der Waals surface area contributed by atoms with E-state index in [0.717, 1.165) is 17.5 Å². The maximum absolute atomic E-state index is 13.6. The average Bonchev–Trinajstić information content (AvgIpc) is 3.36. The van der Waals surface area contributed by atoms with Gasteiger partial charge in [-0.05, 0) is 41.5 Å². The summed E-state index contributed by atoms with van der Waals surface area (Å²) >= 11 is 1.74. The Labute approximate surface area is 211 Å². The molecule has 0 bridgehead atoms. The third-order valence-electron chi connectivity index (χ3n) is 6.26. The lowest BCUT2D eigenvalue weighted by molar-refractivity contribution is -0.145. The minimum atomic E-state index is -0.216. The Morgan fingerprint density at radius 3 is 2.60 bits per heavy atom. The van der Waals surface area contributed by atoms with Crippen LogP contribution in [0.5, 0.6) is 0 Å². The molecule has 0 saturated heterocycles. The summed E-state index contributed by atoms with van der Waals surface area (Å²) in [5, 5.41) is 2.10. The first-order valence-electron chi connectivity index (χ1n) is 11.9. The number of carbonyl (C=O) groups is 2. The molecule has 4 rings (SSSR count). The fourth-order valence-electron chi connectivity index (χ4n) is 4.36. The Kier molecular flexibility index (Phi) is 8.69. The van der Waals surface area contributed by atoms with Crippen molar-refractivity contribution >= 4 is 23.2 Å². The summed E-state index contributed by atoms with van der Waals surface area (Å²) < 4.78 is 10.9. The lowest BCUT2D eigenvalue weighted by Crippen LogP contribution is -2.48. The van der Waals surface area contributed by atoms with Gasteiger partial charge in [0.05, 0.1) is 25.8 Å². The van der Waals surface area contributed by atoms with Gasteiger partial charge >= 0.3 is 0 Å². The fraction of sp³-hybridized carbons (Fsp3) is 0.357. The third-order valence-corrected chi connectivity index (χ3v) is 7.26. The van der Waals surface area contributed by atoms with E-state index in [4.69, 9.17) is 9.47 Å². The molecule has 2 aromatic carbocycles. The first kappa shape index (κ1) is 25.1. The van der Waals surface area contributed by atoms with Crippen LogP contribution in [0.2, 0.25) is 0 Å². The van der Waals surface area contributed by atoms with Crippen molar-refractivity contribution < 1.29 is 19.1 Å². The van der Waals surface area contributed by atoms with Crippen LogP contribution in [0, 0.1) is 6.92 Å². The molecule has 1 atom stereocenters. The summed E-state index contributed by atoms with van der Waals surface area (Å²) in [5.74, 6) is -0.286. The highest BCUT2D eigenvalue weighted by Crippen LogP contribution is 2.37. The lowest BCUT2D eigenvalue weighted by Gasteiger charge is -2.37. The molecular weight excluding hydrogens is 460 g/mol. The molecule has 184 valence electrons. The number of hydrogen-bond acceptors (Lipinski definition) is 5. The van der Waals surface area contributed by atoms with Crippen molar-refractivity contribution in [1.29, 1.82) is 0 Å². The van der Waals surface area contributed by atoms with Crippen LogP contribution in [0.25, 0.3) is 0 Å². The number of aryl methyl sites for hydroxylation is 1. The summed E-state index contributed by atoms with van der Waals surface area (Å²) in [7, 11) is 1.59. The van der Waals surface area contributed by atoms with Crippen molar-refractivity contribution in [3.8, 4) is 0 Å². The van der Waals surface area contributed by atoms with E-state index in [9.17, 15) is 9.59 Å². The molecule has 1 aromatic heterocycles. The zero-order valence-electron chi connectivity index (χ0n) is 20.3. The smallest absolute Gasteiger partial charge is 0.249 e. The van der Waals surface area contributed by atoms with E-state index in [0.29, 0.717) is 26.3 Å².